The third-order valence-electron chi connectivity index (χ3n) is 2.93. The van der Waals surface area contributed by atoms with E-state index < -0.39 is 0 Å². The largest absolute Gasteiger partial charge is 0.385 e. The molecular weight excluding hydrogens is 176 g/mol. The van der Waals surface area contributed by atoms with Crippen molar-refractivity contribution in [3.05, 3.63) is 12.2 Å². The lowest BCUT2D eigenvalue weighted by molar-refractivity contribution is -0.123. The van der Waals surface area contributed by atoms with Crippen LogP contribution >= 0.6 is 0 Å². The van der Waals surface area contributed by atoms with Crippen molar-refractivity contribution >= 4 is 5.78 Å². The standard InChI is InChI=1S/C12H20O2/c1-9(2)11-5-4-10(6-7-14-3)12(13)8-11/h4-5,9-11H,6-8H2,1-3H3/t10-,11+/m0/s1. The van der Waals surface area contributed by atoms with Gasteiger partial charge < -0.3 is 4.74 Å². The smallest absolute Gasteiger partial charge is 0.140 e. The third kappa shape index (κ3) is 2.95. The molecule has 0 radical (unpaired) electrons. The fourth-order valence-corrected chi connectivity index (χ4v) is 1.80. The van der Waals surface area contributed by atoms with Crippen LogP contribution in [0.15, 0.2) is 12.2 Å². The first-order chi connectivity index (χ1) is 6.65. The summed E-state index contributed by atoms with van der Waals surface area (Å²) in [4.78, 5) is 11.7. The number of allylic oxidation sites excluding steroid dienone is 2. The van der Waals surface area contributed by atoms with Gasteiger partial charge in [0.05, 0.1) is 0 Å². The molecule has 2 heteroatoms. The SMILES string of the molecule is COCC[C@@H]1C=C[C@@H](C(C)C)CC1=O. The van der Waals surface area contributed by atoms with Crippen LogP contribution in [0.4, 0.5) is 0 Å². The van der Waals surface area contributed by atoms with E-state index in [0.717, 1.165) is 6.42 Å². The summed E-state index contributed by atoms with van der Waals surface area (Å²) in [7, 11) is 1.67. The molecule has 1 aliphatic carbocycles. The Labute approximate surface area is 86.3 Å². The molecule has 0 aromatic carbocycles. The Morgan fingerprint density at radius 2 is 2.21 bits per heavy atom. The molecule has 0 unspecified atom stereocenters. The zero-order valence-corrected chi connectivity index (χ0v) is 9.32. The molecule has 0 N–H and O–H groups in total. The number of ether oxygens (including phenoxy) is 1. The predicted molar refractivity (Wildman–Crippen MR) is 57.1 cm³/mol. The number of rotatable bonds is 4. The van der Waals surface area contributed by atoms with E-state index in [0.29, 0.717) is 30.6 Å². The number of hydrogen-bond donors (Lipinski definition) is 0. The molecular formula is C12H20O2. The maximum absolute atomic E-state index is 11.7. The second kappa shape index (κ2) is 5.30. The van der Waals surface area contributed by atoms with Crippen LogP contribution in [0.5, 0.6) is 0 Å². The molecule has 0 bridgehead atoms. The lowest BCUT2D eigenvalue weighted by Crippen LogP contribution is -2.24. The Morgan fingerprint density at radius 1 is 1.50 bits per heavy atom. The fraction of sp³-hybridized carbons (Fsp3) is 0.750. The summed E-state index contributed by atoms with van der Waals surface area (Å²) >= 11 is 0. The van der Waals surface area contributed by atoms with Gasteiger partial charge in [0.1, 0.15) is 5.78 Å². The quantitative estimate of drug-likeness (QED) is 0.645. The number of ketones is 1. The highest BCUT2D eigenvalue weighted by atomic mass is 16.5. The van der Waals surface area contributed by atoms with E-state index in [1.807, 2.05) is 0 Å². The number of carbonyl (C=O) groups excluding carboxylic acids is 1. The Bertz CT molecular complexity index is 218. The van der Waals surface area contributed by atoms with Gasteiger partial charge in [-0.15, -0.1) is 0 Å². The molecule has 0 aromatic heterocycles. The number of Topliss-reactive ketones (excluding diaryl/α,β-unsaturated/α-hetero) is 1. The van der Waals surface area contributed by atoms with Crippen molar-refractivity contribution in [1.82, 2.24) is 0 Å². The zero-order chi connectivity index (χ0) is 10.6. The minimum atomic E-state index is 0.102. The summed E-state index contributed by atoms with van der Waals surface area (Å²) in [5.41, 5.74) is 0. The highest BCUT2D eigenvalue weighted by molar-refractivity contribution is 5.84. The summed E-state index contributed by atoms with van der Waals surface area (Å²) in [5.74, 6) is 1.49. The van der Waals surface area contributed by atoms with Crippen LogP contribution in [-0.2, 0) is 9.53 Å². The van der Waals surface area contributed by atoms with E-state index >= 15 is 0 Å². The van der Waals surface area contributed by atoms with E-state index in [4.69, 9.17) is 4.74 Å². The Kier molecular flexibility index (Phi) is 4.33. The molecule has 0 heterocycles. The average molecular weight is 196 g/mol. The van der Waals surface area contributed by atoms with Gasteiger partial charge in [-0.3, -0.25) is 4.79 Å². The molecule has 2 nitrogen and oxygen atoms in total. The molecule has 14 heavy (non-hydrogen) atoms. The number of carbonyl (C=O) groups is 1. The van der Waals surface area contributed by atoms with Gasteiger partial charge in [0.25, 0.3) is 0 Å². The maximum Gasteiger partial charge on any atom is 0.140 e. The molecule has 0 saturated carbocycles. The van der Waals surface area contributed by atoms with Gasteiger partial charge in [0, 0.05) is 26.1 Å². The summed E-state index contributed by atoms with van der Waals surface area (Å²) < 4.78 is 4.98. The van der Waals surface area contributed by atoms with Crippen molar-refractivity contribution in [2.75, 3.05) is 13.7 Å². The van der Waals surface area contributed by atoms with Gasteiger partial charge in [0.15, 0.2) is 0 Å². The molecule has 0 aliphatic heterocycles. The van der Waals surface area contributed by atoms with Crippen molar-refractivity contribution in [1.29, 1.82) is 0 Å². The first-order valence-electron chi connectivity index (χ1n) is 5.35. The van der Waals surface area contributed by atoms with Crippen LogP contribution in [0.25, 0.3) is 0 Å². The Balaban J connectivity index is 2.50. The van der Waals surface area contributed by atoms with Crippen molar-refractivity contribution < 1.29 is 9.53 Å². The first-order valence-corrected chi connectivity index (χ1v) is 5.35. The van der Waals surface area contributed by atoms with Gasteiger partial charge in [0.2, 0.25) is 0 Å². The molecule has 1 aliphatic rings. The van der Waals surface area contributed by atoms with Crippen molar-refractivity contribution in [3.63, 3.8) is 0 Å². The summed E-state index contributed by atoms with van der Waals surface area (Å²) in [6, 6.07) is 0. The van der Waals surface area contributed by atoms with E-state index in [-0.39, 0.29) is 5.92 Å². The molecule has 80 valence electrons. The highest BCUT2D eigenvalue weighted by Gasteiger charge is 2.24. The fourth-order valence-electron chi connectivity index (χ4n) is 1.80. The van der Waals surface area contributed by atoms with Gasteiger partial charge in [-0.05, 0) is 18.3 Å². The summed E-state index contributed by atoms with van der Waals surface area (Å²) in [6.45, 7) is 5.00. The van der Waals surface area contributed by atoms with Crippen molar-refractivity contribution in [2.45, 2.75) is 26.7 Å². The molecule has 0 amide bonds. The van der Waals surface area contributed by atoms with Gasteiger partial charge in [-0.2, -0.15) is 0 Å². The summed E-state index contributed by atoms with van der Waals surface area (Å²) in [6.07, 6.45) is 5.81. The molecule has 0 spiro atoms. The van der Waals surface area contributed by atoms with Crippen LogP contribution < -0.4 is 0 Å². The second-order valence-corrected chi connectivity index (χ2v) is 4.35. The number of hydrogen-bond acceptors (Lipinski definition) is 2. The topological polar surface area (TPSA) is 26.3 Å². The van der Waals surface area contributed by atoms with E-state index in [2.05, 4.69) is 26.0 Å². The molecule has 1 rings (SSSR count). The van der Waals surface area contributed by atoms with Crippen LogP contribution in [0, 0.1) is 17.8 Å². The first kappa shape index (κ1) is 11.4. The maximum atomic E-state index is 11.7. The van der Waals surface area contributed by atoms with Crippen LogP contribution in [0.1, 0.15) is 26.7 Å². The predicted octanol–water partition coefficient (Wildman–Crippen LogP) is 2.44. The Hall–Kier alpha value is -0.630. The molecule has 0 aromatic rings. The Morgan fingerprint density at radius 3 is 2.71 bits per heavy atom. The minimum absolute atomic E-state index is 0.102. The monoisotopic (exact) mass is 196 g/mol. The van der Waals surface area contributed by atoms with Gasteiger partial charge in [-0.25, -0.2) is 0 Å². The second-order valence-electron chi connectivity index (χ2n) is 4.35. The van der Waals surface area contributed by atoms with Gasteiger partial charge >= 0.3 is 0 Å². The van der Waals surface area contributed by atoms with E-state index in [9.17, 15) is 4.79 Å². The third-order valence-corrected chi connectivity index (χ3v) is 2.93. The molecule has 0 fully saturated rings. The van der Waals surface area contributed by atoms with Crippen LogP contribution in [0.3, 0.4) is 0 Å². The lowest BCUT2D eigenvalue weighted by Gasteiger charge is -2.24. The molecule has 0 saturated heterocycles. The van der Waals surface area contributed by atoms with E-state index in [1.165, 1.54) is 0 Å². The summed E-state index contributed by atoms with van der Waals surface area (Å²) in [5, 5.41) is 0. The van der Waals surface area contributed by atoms with Crippen LogP contribution in [0.2, 0.25) is 0 Å². The zero-order valence-electron chi connectivity index (χ0n) is 9.32. The normalized spacial score (nSPS) is 27.3. The lowest BCUT2D eigenvalue weighted by atomic mass is 9.80. The highest BCUT2D eigenvalue weighted by Crippen LogP contribution is 2.26. The van der Waals surface area contributed by atoms with E-state index in [1.54, 1.807) is 7.11 Å². The average Bonchev–Trinajstić information content (AvgIpc) is 2.15. The van der Waals surface area contributed by atoms with Crippen molar-refractivity contribution in [3.8, 4) is 0 Å². The minimum Gasteiger partial charge on any atom is -0.385 e. The van der Waals surface area contributed by atoms with Crippen molar-refractivity contribution in [2.24, 2.45) is 17.8 Å². The number of methoxy groups -OCH3 is 1. The molecule has 2 atom stereocenters. The van der Waals surface area contributed by atoms with Gasteiger partial charge in [-0.1, -0.05) is 26.0 Å². The van der Waals surface area contributed by atoms with Crippen LogP contribution in [-0.4, -0.2) is 19.5 Å².